The molecule has 2 aromatic rings. The zero-order valence-electron chi connectivity index (χ0n) is 11.9. The number of nitrogens with one attached hydrogen (secondary N) is 3. The van der Waals surface area contributed by atoms with E-state index in [1.807, 2.05) is 18.2 Å². The fraction of sp³-hybridized carbons (Fsp3) is 0.500. The van der Waals surface area contributed by atoms with E-state index < -0.39 is 0 Å². The van der Waals surface area contributed by atoms with Crippen molar-refractivity contribution in [2.24, 2.45) is 11.8 Å². The lowest BCUT2D eigenvalue weighted by Gasteiger charge is -2.42. The smallest absolute Gasteiger partial charge is 0.319 e. The van der Waals surface area contributed by atoms with Crippen LogP contribution in [0.15, 0.2) is 24.4 Å². The van der Waals surface area contributed by atoms with Gasteiger partial charge in [0.15, 0.2) is 0 Å². The maximum absolute atomic E-state index is 12.2. The van der Waals surface area contributed by atoms with Crippen molar-refractivity contribution in [1.82, 2.24) is 15.5 Å². The Morgan fingerprint density at radius 2 is 2.10 bits per heavy atom. The first-order valence-electron chi connectivity index (χ1n) is 7.78. The number of rotatable bonds is 2. The Morgan fingerprint density at radius 1 is 1.24 bits per heavy atom. The Morgan fingerprint density at radius 3 is 2.86 bits per heavy atom. The summed E-state index contributed by atoms with van der Waals surface area (Å²) in [5, 5.41) is 14.0. The molecule has 5 heteroatoms. The van der Waals surface area contributed by atoms with Crippen LogP contribution in [0.2, 0.25) is 0 Å². The number of aromatic nitrogens is 2. The number of fused-ring (bicyclic) bond motifs is 4. The summed E-state index contributed by atoms with van der Waals surface area (Å²) < 4.78 is 0. The number of aromatic amines is 1. The normalized spacial score (nSPS) is 27.7. The van der Waals surface area contributed by atoms with Crippen LogP contribution in [0.1, 0.15) is 32.1 Å². The van der Waals surface area contributed by atoms with Crippen LogP contribution < -0.4 is 10.6 Å². The number of nitrogens with zero attached hydrogens (tertiary/aromatic N) is 1. The molecule has 5 nitrogen and oxygen atoms in total. The summed E-state index contributed by atoms with van der Waals surface area (Å²) in [7, 11) is 0. The highest BCUT2D eigenvalue weighted by Gasteiger charge is 2.36. The van der Waals surface area contributed by atoms with Crippen LogP contribution in [-0.4, -0.2) is 22.3 Å². The van der Waals surface area contributed by atoms with E-state index in [0.717, 1.165) is 28.9 Å². The third-order valence-corrected chi connectivity index (χ3v) is 5.06. The van der Waals surface area contributed by atoms with Crippen molar-refractivity contribution in [3.8, 4) is 0 Å². The molecule has 5 rings (SSSR count). The quantitative estimate of drug-likeness (QED) is 0.792. The molecule has 0 spiro atoms. The Labute approximate surface area is 123 Å². The minimum atomic E-state index is -0.0876. The molecule has 1 unspecified atom stereocenters. The van der Waals surface area contributed by atoms with Gasteiger partial charge in [0.25, 0.3) is 0 Å². The fourth-order valence-corrected chi connectivity index (χ4v) is 3.91. The van der Waals surface area contributed by atoms with E-state index in [2.05, 4.69) is 20.8 Å². The first kappa shape index (κ1) is 12.7. The van der Waals surface area contributed by atoms with E-state index in [1.54, 1.807) is 6.20 Å². The van der Waals surface area contributed by atoms with Crippen molar-refractivity contribution in [3.05, 3.63) is 24.4 Å². The molecule has 0 aliphatic heterocycles. The Bertz CT molecular complexity index is 657. The van der Waals surface area contributed by atoms with Gasteiger partial charge in [0.05, 0.1) is 11.7 Å². The number of carbonyl (C=O) groups is 1. The highest BCUT2D eigenvalue weighted by atomic mass is 16.2. The predicted octanol–water partition coefficient (Wildman–Crippen LogP) is 3.26. The van der Waals surface area contributed by atoms with Gasteiger partial charge in [-0.05, 0) is 49.3 Å². The van der Waals surface area contributed by atoms with Gasteiger partial charge in [0.2, 0.25) is 0 Å². The number of hydrogen-bond donors (Lipinski definition) is 3. The number of urea groups is 1. The van der Waals surface area contributed by atoms with E-state index >= 15 is 0 Å². The Balaban J connectivity index is 1.41. The van der Waals surface area contributed by atoms with Crippen molar-refractivity contribution in [2.45, 2.75) is 38.1 Å². The van der Waals surface area contributed by atoms with Crippen LogP contribution in [0.25, 0.3) is 10.9 Å². The van der Waals surface area contributed by atoms with Gasteiger partial charge in [-0.25, -0.2) is 4.79 Å². The number of anilines is 1. The molecule has 1 aromatic heterocycles. The molecule has 1 atom stereocenters. The lowest BCUT2D eigenvalue weighted by Crippen LogP contribution is -2.48. The second kappa shape index (κ2) is 5.06. The first-order valence-corrected chi connectivity index (χ1v) is 7.78. The SMILES string of the molecule is O=C(Nc1ccc2[nH]ncc2c1)NC1CC2CCC1CC2. The average molecular weight is 284 g/mol. The third kappa shape index (κ3) is 2.48. The fourth-order valence-electron chi connectivity index (χ4n) is 3.91. The summed E-state index contributed by atoms with van der Waals surface area (Å²) >= 11 is 0. The van der Waals surface area contributed by atoms with E-state index in [0.29, 0.717) is 12.0 Å². The number of carbonyl (C=O) groups excluding carboxylic acids is 1. The van der Waals surface area contributed by atoms with Crippen molar-refractivity contribution in [1.29, 1.82) is 0 Å². The highest BCUT2D eigenvalue weighted by Crippen LogP contribution is 2.41. The molecule has 3 N–H and O–H groups in total. The first-order chi connectivity index (χ1) is 10.3. The van der Waals surface area contributed by atoms with Gasteiger partial charge >= 0.3 is 6.03 Å². The topological polar surface area (TPSA) is 69.8 Å². The van der Waals surface area contributed by atoms with Crippen molar-refractivity contribution >= 4 is 22.6 Å². The zero-order valence-corrected chi connectivity index (χ0v) is 11.9. The molecule has 1 aromatic carbocycles. The number of amides is 2. The third-order valence-electron chi connectivity index (χ3n) is 5.06. The predicted molar refractivity (Wildman–Crippen MR) is 82.1 cm³/mol. The molecule has 1 heterocycles. The Hall–Kier alpha value is -2.04. The van der Waals surface area contributed by atoms with Gasteiger partial charge in [-0.3, -0.25) is 5.10 Å². The summed E-state index contributed by atoms with van der Waals surface area (Å²) in [6.45, 7) is 0. The molecule has 0 radical (unpaired) electrons. The summed E-state index contributed by atoms with van der Waals surface area (Å²) in [5.41, 5.74) is 1.79. The molecule has 110 valence electrons. The number of hydrogen-bond acceptors (Lipinski definition) is 2. The maximum atomic E-state index is 12.2. The lowest BCUT2D eigenvalue weighted by molar-refractivity contribution is 0.129. The summed E-state index contributed by atoms with van der Waals surface area (Å²) in [6.07, 6.45) is 8.16. The average Bonchev–Trinajstić information content (AvgIpc) is 2.96. The molecule has 0 saturated heterocycles. The van der Waals surface area contributed by atoms with Gasteiger partial charge in [-0.15, -0.1) is 0 Å². The van der Waals surface area contributed by atoms with Crippen LogP contribution >= 0.6 is 0 Å². The van der Waals surface area contributed by atoms with Crippen molar-refractivity contribution in [3.63, 3.8) is 0 Å². The van der Waals surface area contributed by atoms with Gasteiger partial charge in [0.1, 0.15) is 0 Å². The number of H-pyrrole nitrogens is 1. The van der Waals surface area contributed by atoms with Crippen LogP contribution in [0.5, 0.6) is 0 Å². The van der Waals surface area contributed by atoms with E-state index in [-0.39, 0.29) is 6.03 Å². The molecular weight excluding hydrogens is 264 g/mol. The van der Waals surface area contributed by atoms with Crippen LogP contribution in [0, 0.1) is 11.8 Å². The van der Waals surface area contributed by atoms with E-state index in [9.17, 15) is 4.79 Å². The van der Waals surface area contributed by atoms with Gasteiger partial charge in [-0.1, -0.05) is 12.8 Å². The monoisotopic (exact) mass is 284 g/mol. The van der Waals surface area contributed by atoms with Crippen LogP contribution in [-0.2, 0) is 0 Å². The molecular formula is C16H20N4O. The molecule has 2 bridgehead atoms. The van der Waals surface area contributed by atoms with Gasteiger partial charge in [0, 0.05) is 17.1 Å². The summed E-state index contributed by atoms with van der Waals surface area (Å²) in [5.74, 6) is 1.50. The van der Waals surface area contributed by atoms with E-state index in [1.165, 1.54) is 25.7 Å². The minimum Gasteiger partial charge on any atom is -0.335 e. The molecule has 3 aliphatic carbocycles. The van der Waals surface area contributed by atoms with Crippen molar-refractivity contribution < 1.29 is 4.79 Å². The van der Waals surface area contributed by atoms with Crippen LogP contribution in [0.3, 0.4) is 0 Å². The maximum Gasteiger partial charge on any atom is 0.319 e. The standard InChI is InChI=1S/C16H20N4O/c21-16(19-15-7-10-1-3-11(15)4-2-10)18-13-5-6-14-12(8-13)9-17-20-14/h5-6,8-11,15H,1-4,7H2,(H,17,20)(H2,18,19,21). The molecule has 3 saturated carbocycles. The molecule has 2 amide bonds. The second-order valence-corrected chi connectivity index (χ2v) is 6.39. The zero-order chi connectivity index (χ0) is 14.2. The van der Waals surface area contributed by atoms with Crippen LogP contribution in [0.4, 0.5) is 10.5 Å². The second-order valence-electron chi connectivity index (χ2n) is 6.39. The molecule has 3 aliphatic rings. The largest absolute Gasteiger partial charge is 0.335 e. The highest BCUT2D eigenvalue weighted by molar-refractivity contribution is 5.92. The van der Waals surface area contributed by atoms with Gasteiger partial charge < -0.3 is 10.6 Å². The summed E-state index contributed by atoms with van der Waals surface area (Å²) in [6, 6.07) is 6.03. The Kier molecular flexibility index (Phi) is 3.05. The minimum absolute atomic E-state index is 0.0876. The number of benzene rings is 1. The van der Waals surface area contributed by atoms with Crippen molar-refractivity contribution in [2.75, 3.05) is 5.32 Å². The lowest BCUT2D eigenvalue weighted by atomic mass is 9.68. The summed E-state index contributed by atoms with van der Waals surface area (Å²) in [4.78, 5) is 12.2. The molecule has 3 fully saturated rings. The van der Waals surface area contributed by atoms with E-state index in [4.69, 9.17) is 0 Å². The van der Waals surface area contributed by atoms with Gasteiger partial charge in [-0.2, -0.15) is 5.10 Å². The molecule has 21 heavy (non-hydrogen) atoms.